The summed E-state index contributed by atoms with van der Waals surface area (Å²) >= 11 is 0. The molecule has 2 aromatic carbocycles. The second-order valence-electron chi connectivity index (χ2n) is 5.18. The zero-order valence-electron chi connectivity index (χ0n) is 11.5. The van der Waals surface area contributed by atoms with Gasteiger partial charge in [0.25, 0.3) is 0 Å². The van der Waals surface area contributed by atoms with Gasteiger partial charge < -0.3 is 10.1 Å². The smallest absolute Gasteiger partial charge is 0.172 e. The zero-order valence-corrected chi connectivity index (χ0v) is 11.5. The molecule has 2 nitrogen and oxygen atoms in total. The molecule has 20 heavy (non-hydrogen) atoms. The van der Waals surface area contributed by atoms with Crippen molar-refractivity contribution in [3.8, 4) is 16.9 Å². The largest absolute Gasteiger partial charge is 0.494 e. The Morgan fingerprint density at radius 1 is 1.20 bits per heavy atom. The van der Waals surface area contributed by atoms with Crippen LogP contribution in [0.25, 0.3) is 11.1 Å². The lowest BCUT2D eigenvalue weighted by atomic mass is 10.0. The predicted molar refractivity (Wildman–Crippen MR) is 78.2 cm³/mol. The second kappa shape index (κ2) is 5.63. The van der Waals surface area contributed by atoms with Crippen LogP contribution in [-0.2, 0) is 6.54 Å². The molecule has 1 saturated carbocycles. The first kappa shape index (κ1) is 13.1. The summed E-state index contributed by atoms with van der Waals surface area (Å²) in [7, 11) is 1.48. The molecule has 0 bridgehead atoms. The Morgan fingerprint density at radius 3 is 2.75 bits per heavy atom. The normalized spacial score (nSPS) is 14.3. The fraction of sp³-hybridized carbons (Fsp3) is 0.294. The fourth-order valence-electron chi connectivity index (χ4n) is 2.29. The highest BCUT2D eigenvalue weighted by Gasteiger charge is 2.20. The summed E-state index contributed by atoms with van der Waals surface area (Å²) in [5.41, 5.74) is 2.64. The second-order valence-corrected chi connectivity index (χ2v) is 5.18. The van der Waals surface area contributed by atoms with E-state index in [-0.39, 0.29) is 11.6 Å². The number of benzene rings is 2. The Morgan fingerprint density at radius 2 is 2.00 bits per heavy atom. The minimum Gasteiger partial charge on any atom is -0.494 e. The van der Waals surface area contributed by atoms with E-state index in [9.17, 15) is 4.39 Å². The summed E-state index contributed by atoms with van der Waals surface area (Å²) in [6.07, 6.45) is 2.54. The Labute approximate surface area is 118 Å². The van der Waals surface area contributed by atoms with Crippen LogP contribution in [0.5, 0.6) is 5.75 Å². The Balaban J connectivity index is 1.87. The highest BCUT2D eigenvalue weighted by atomic mass is 19.1. The van der Waals surface area contributed by atoms with Crippen LogP contribution in [0.2, 0.25) is 0 Å². The van der Waals surface area contributed by atoms with E-state index < -0.39 is 0 Å². The van der Waals surface area contributed by atoms with Gasteiger partial charge in [0.05, 0.1) is 7.11 Å². The van der Waals surface area contributed by atoms with Gasteiger partial charge in [0.15, 0.2) is 11.6 Å². The summed E-state index contributed by atoms with van der Waals surface area (Å²) in [6.45, 7) is 0.837. The molecule has 104 valence electrons. The van der Waals surface area contributed by atoms with Crippen LogP contribution in [0.3, 0.4) is 0 Å². The first-order valence-electron chi connectivity index (χ1n) is 6.93. The average molecular weight is 271 g/mol. The maximum absolute atomic E-state index is 14.3. The van der Waals surface area contributed by atoms with E-state index in [4.69, 9.17) is 4.74 Å². The van der Waals surface area contributed by atoms with Crippen LogP contribution in [0.1, 0.15) is 18.4 Å². The molecule has 3 rings (SSSR count). The van der Waals surface area contributed by atoms with E-state index in [1.807, 2.05) is 24.3 Å². The van der Waals surface area contributed by atoms with Gasteiger partial charge in [-0.2, -0.15) is 0 Å². The fourth-order valence-corrected chi connectivity index (χ4v) is 2.29. The molecule has 0 radical (unpaired) electrons. The number of halogens is 1. The van der Waals surface area contributed by atoms with E-state index in [0.717, 1.165) is 12.1 Å². The highest BCUT2D eigenvalue weighted by Crippen LogP contribution is 2.29. The molecule has 0 atom stereocenters. The number of rotatable bonds is 5. The van der Waals surface area contributed by atoms with Crippen molar-refractivity contribution in [1.82, 2.24) is 5.32 Å². The molecule has 1 fully saturated rings. The van der Waals surface area contributed by atoms with Crippen molar-refractivity contribution >= 4 is 0 Å². The minimum absolute atomic E-state index is 0.281. The molecule has 0 saturated heterocycles. The van der Waals surface area contributed by atoms with Gasteiger partial charge in [-0.25, -0.2) is 4.39 Å². The zero-order chi connectivity index (χ0) is 13.9. The van der Waals surface area contributed by atoms with E-state index >= 15 is 0 Å². The maximum atomic E-state index is 14.3. The lowest BCUT2D eigenvalue weighted by Crippen LogP contribution is -2.15. The van der Waals surface area contributed by atoms with Crippen LogP contribution < -0.4 is 10.1 Å². The van der Waals surface area contributed by atoms with Crippen LogP contribution in [0.15, 0.2) is 42.5 Å². The van der Waals surface area contributed by atoms with Gasteiger partial charge in [0.2, 0.25) is 0 Å². The molecule has 0 aliphatic heterocycles. The lowest BCUT2D eigenvalue weighted by molar-refractivity contribution is 0.387. The summed E-state index contributed by atoms with van der Waals surface area (Å²) in [5.74, 6) is -0.0219. The Bertz CT molecular complexity index is 608. The summed E-state index contributed by atoms with van der Waals surface area (Å²) < 4.78 is 19.3. The van der Waals surface area contributed by atoms with E-state index in [0.29, 0.717) is 11.6 Å². The lowest BCUT2D eigenvalue weighted by Gasteiger charge is -2.09. The van der Waals surface area contributed by atoms with Crippen molar-refractivity contribution < 1.29 is 9.13 Å². The van der Waals surface area contributed by atoms with Crippen molar-refractivity contribution in [2.45, 2.75) is 25.4 Å². The number of hydrogen-bond donors (Lipinski definition) is 1. The molecule has 1 N–H and O–H groups in total. The van der Waals surface area contributed by atoms with Crippen molar-refractivity contribution in [3.63, 3.8) is 0 Å². The van der Waals surface area contributed by atoms with E-state index in [1.54, 1.807) is 12.1 Å². The van der Waals surface area contributed by atoms with Gasteiger partial charge in [0, 0.05) is 18.2 Å². The van der Waals surface area contributed by atoms with Crippen LogP contribution in [0, 0.1) is 5.82 Å². The van der Waals surface area contributed by atoms with Gasteiger partial charge in [-0.15, -0.1) is 0 Å². The molecule has 3 heteroatoms. The highest BCUT2D eigenvalue weighted by molar-refractivity contribution is 5.66. The summed E-state index contributed by atoms with van der Waals surface area (Å²) in [4.78, 5) is 0. The van der Waals surface area contributed by atoms with Gasteiger partial charge in [-0.05, 0) is 36.1 Å². The molecule has 1 aliphatic carbocycles. The topological polar surface area (TPSA) is 21.3 Å². The SMILES string of the molecule is COc1cccc(-c2cccc(CNC3CC3)c2)c1F. The third-order valence-corrected chi connectivity index (χ3v) is 3.59. The third-order valence-electron chi connectivity index (χ3n) is 3.59. The van der Waals surface area contributed by atoms with Crippen LogP contribution >= 0.6 is 0 Å². The predicted octanol–water partition coefficient (Wildman–Crippen LogP) is 3.75. The minimum atomic E-state index is -0.303. The monoisotopic (exact) mass is 271 g/mol. The maximum Gasteiger partial charge on any atom is 0.172 e. The number of nitrogens with one attached hydrogen (secondary N) is 1. The molecular weight excluding hydrogens is 253 g/mol. The number of ether oxygens (including phenoxy) is 1. The quantitative estimate of drug-likeness (QED) is 0.894. The first-order chi connectivity index (χ1) is 9.78. The first-order valence-corrected chi connectivity index (χ1v) is 6.93. The number of methoxy groups -OCH3 is 1. The van der Waals surface area contributed by atoms with E-state index in [2.05, 4.69) is 11.4 Å². The van der Waals surface area contributed by atoms with Gasteiger partial charge in [-0.3, -0.25) is 0 Å². The molecule has 1 aliphatic rings. The number of hydrogen-bond acceptors (Lipinski definition) is 2. The molecule has 0 unspecified atom stereocenters. The summed E-state index contributed by atoms with van der Waals surface area (Å²) in [6, 6.07) is 13.9. The van der Waals surface area contributed by atoms with E-state index in [1.165, 1.54) is 25.5 Å². The molecule has 2 aromatic rings. The van der Waals surface area contributed by atoms with Gasteiger partial charge in [0.1, 0.15) is 0 Å². The van der Waals surface area contributed by atoms with Crippen molar-refractivity contribution in [2.75, 3.05) is 7.11 Å². The standard InChI is InChI=1S/C17H18FNO/c1-20-16-7-3-6-15(17(16)18)13-5-2-4-12(10-13)11-19-14-8-9-14/h2-7,10,14,19H,8-9,11H2,1H3. The molecular formula is C17H18FNO. The average Bonchev–Trinajstić information content (AvgIpc) is 3.30. The van der Waals surface area contributed by atoms with Crippen molar-refractivity contribution in [3.05, 3.63) is 53.8 Å². The van der Waals surface area contributed by atoms with Crippen molar-refractivity contribution in [2.24, 2.45) is 0 Å². The molecule has 0 heterocycles. The van der Waals surface area contributed by atoms with Gasteiger partial charge in [-0.1, -0.05) is 30.3 Å². The molecule has 0 amide bonds. The molecule has 0 aromatic heterocycles. The molecule has 0 spiro atoms. The van der Waals surface area contributed by atoms with Crippen LogP contribution in [0.4, 0.5) is 4.39 Å². The third kappa shape index (κ3) is 2.83. The van der Waals surface area contributed by atoms with Crippen molar-refractivity contribution in [1.29, 1.82) is 0 Å². The van der Waals surface area contributed by atoms with Crippen LogP contribution in [-0.4, -0.2) is 13.2 Å². The Hall–Kier alpha value is -1.87. The Kier molecular flexibility index (Phi) is 3.70. The van der Waals surface area contributed by atoms with Gasteiger partial charge >= 0.3 is 0 Å². The summed E-state index contributed by atoms with van der Waals surface area (Å²) in [5, 5.41) is 3.47.